The number of amides is 2. The minimum absolute atomic E-state index is 0.214. The number of nitrogens with zero attached hydrogens (tertiary/aromatic N) is 1. The van der Waals surface area contributed by atoms with Gasteiger partial charge in [-0.1, -0.05) is 12.1 Å². The molecule has 1 atom stereocenters. The molecule has 6 heteroatoms. The van der Waals surface area contributed by atoms with Crippen LogP contribution in [0.4, 0.5) is 5.69 Å². The highest BCUT2D eigenvalue weighted by molar-refractivity contribution is 6.39. The van der Waals surface area contributed by atoms with Crippen molar-refractivity contribution in [2.24, 2.45) is 7.05 Å². The Morgan fingerprint density at radius 2 is 1.92 bits per heavy atom. The van der Waals surface area contributed by atoms with Crippen molar-refractivity contribution in [1.82, 2.24) is 9.88 Å². The summed E-state index contributed by atoms with van der Waals surface area (Å²) < 4.78 is 1.82. The summed E-state index contributed by atoms with van der Waals surface area (Å²) >= 11 is 0. The molecular weight excluding hydrogens is 306 g/mol. The quantitative estimate of drug-likeness (QED) is 0.732. The maximum atomic E-state index is 11.9. The number of anilines is 1. The topological polar surface area (TPSA) is 83.4 Å². The summed E-state index contributed by atoms with van der Waals surface area (Å²) in [5.74, 6) is -1.42. The van der Waals surface area contributed by atoms with Gasteiger partial charge in [0.1, 0.15) is 0 Å². The van der Waals surface area contributed by atoms with Crippen molar-refractivity contribution < 1.29 is 14.7 Å². The van der Waals surface area contributed by atoms with E-state index < -0.39 is 17.9 Å². The Morgan fingerprint density at radius 1 is 1.17 bits per heavy atom. The highest BCUT2D eigenvalue weighted by atomic mass is 16.3. The number of benzene rings is 1. The zero-order chi connectivity index (χ0) is 17.7. The Balaban J connectivity index is 1.83. The molecule has 0 spiro atoms. The van der Waals surface area contributed by atoms with Gasteiger partial charge in [-0.25, -0.2) is 0 Å². The average Bonchev–Trinajstić information content (AvgIpc) is 2.97. The van der Waals surface area contributed by atoms with E-state index in [0.29, 0.717) is 12.1 Å². The van der Waals surface area contributed by atoms with Crippen molar-refractivity contribution in [3.8, 4) is 0 Å². The van der Waals surface area contributed by atoms with Crippen LogP contribution in [0.15, 0.2) is 36.5 Å². The molecule has 6 nitrogen and oxygen atoms in total. The molecule has 2 rings (SSSR count). The van der Waals surface area contributed by atoms with E-state index in [9.17, 15) is 14.7 Å². The monoisotopic (exact) mass is 329 g/mol. The third-order valence-electron chi connectivity index (χ3n) is 4.09. The summed E-state index contributed by atoms with van der Waals surface area (Å²) in [6, 6.07) is 9.18. The van der Waals surface area contributed by atoms with E-state index in [-0.39, 0.29) is 6.54 Å². The molecule has 0 bridgehead atoms. The number of carbonyl (C=O) groups is 2. The van der Waals surface area contributed by atoms with Gasteiger partial charge < -0.3 is 20.3 Å². The predicted molar refractivity (Wildman–Crippen MR) is 92.5 cm³/mol. The molecule has 0 saturated heterocycles. The van der Waals surface area contributed by atoms with E-state index in [2.05, 4.69) is 10.6 Å². The van der Waals surface area contributed by atoms with Gasteiger partial charge in [0.2, 0.25) is 0 Å². The molecular formula is C18H23N3O3. The molecule has 0 aliphatic carbocycles. The summed E-state index contributed by atoms with van der Waals surface area (Å²) in [6.07, 6.45) is 1.49. The lowest BCUT2D eigenvalue weighted by atomic mass is 10.1. The first-order valence-electron chi connectivity index (χ1n) is 7.85. The van der Waals surface area contributed by atoms with E-state index in [1.807, 2.05) is 55.9 Å². The molecule has 0 saturated carbocycles. The molecule has 1 aromatic heterocycles. The molecule has 0 aliphatic rings. The largest absolute Gasteiger partial charge is 0.387 e. The van der Waals surface area contributed by atoms with Gasteiger partial charge in [0.15, 0.2) is 0 Å². The van der Waals surface area contributed by atoms with Crippen LogP contribution in [0.3, 0.4) is 0 Å². The second-order valence-electron chi connectivity index (χ2n) is 5.81. The number of aliphatic hydroxyl groups is 1. The van der Waals surface area contributed by atoms with Crippen molar-refractivity contribution in [3.05, 3.63) is 53.3 Å². The maximum absolute atomic E-state index is 11.9. The lowest BCUT2D eigenvalue weighted by Crippen LogP contribution is -2.36. The highest BCUT2D eigenvalue weighted by Gasteiger charge is 2.16. The lowest BCUT2D eigenvalue weighted by Gasteiger charge is -2.13. The Kier molecular flexibility index (Phi) is 5.76. The minimum atomic E-state index is -0.713. The first-order chi connectivity index (χ1) is 11.4. The van der Waals surface area contributed by atoms with Crippen LogP contribution in [0, 0.1) is 13.8 Å². The molecule has 2 amide bonds. The summed E-state index contributed by atoms with van der Waals surface area (Å²) in [5.41, 5.74) is 3.36. The van der Waals surface area contributed by atoms with E-state index in [4.69, 9.17) is 0 Å². The van der Waals surface area contributed by atoms with Crippen LogP contribution >= 0.6 is 0 Å². The summed E-state index contributed by atoms with van der Waals surface area (Å²) in [5, 5.41) is 15.2. The van der Waals surface area contributed by atoms with E-state index >= 15 is 0 Å². The SMILES string of the molecule is Cc1cccc(NC(=O)C(=O)NCCC(O)c2cccn2C)c1C. The number of hydrogen-bond donors (Lipinski definition) is 3. The standard InChI is InChI=1S/C18H23N3O3/c1-12-6-4-7-14(13(12)2)20-18(24)17(23)19-10-9-16(22)15-8-5-11-21(15)3/h4-8,11,16,22H,9-10H2,1-3H3,(H,19,23)(H,20,24). The third kappa shape index (κ3) is 4.23. The predicted octanol–water partition coefficient (Wildman–Crippen LogP) is 1.82. The Bertz CT molecular complexity index is 737. The Hall–Kier alpha value is -2.60. The number of aromatic nitrogens is 1. The highest BCUT2D eigenvalue weighted by Crippen LogP contribution is 2.18. The molecule has 24 heavy (non-hydrogen) atoms. The van der Waals surface area contributed by atoms with Crippen molar-refractivity contribution >= 4 is 17.5 Å². The first-order valence-corrected chi connectivity index (χ1v) is 7.85. The maximum Gasteiger partial charge on any atom is 0.313 e. The fraction of sp³-hybridized carbons (Fsp3) is 0.333. The van der Waals surface area contributed by atoms with Crippen LogP contribution in [-0.4, -0.2) is 28.0 Å². The first kappa shape index (κ1) is 17.7. The van der Waals surface area contributed by atoms with Crippen molar-refractivity contribution in [2.45, 2.75) is 26.4 Å². The molecule has 0 aliphatic heterocycles. The molecule has 0 radical (unpaired) electrons. The number of aliphatic hydroxyl groups excluding tert-OH is 1. The van der Waals surface area contributed by atoms with E-state index in [0.717, 1.165) is 16.8 Å². The van der Waals surface area contributed by atoms with Crippen LogP contribution < -0.4 is 10.6 Å². The summed E-state index contributed by atoms with van der Waals surface area (Å²) in [4.78, 5) is 23.8. The number of carbonyl (C=O) groups excluding carboxylic acids is 2. The van der Waals surface area contributed by atoms with E-state index in [1.54, 1.807) is 6.07 Å². The van der Waals surface area contributed by atoms with Crippen molar-refractivity contribution in [3.63, 3.8) is 0 Å². The molecule has 3 N–H and O–H groups in total. The van der Waals surface area contributed by atoms with Crippen LogP contribution in [0.2, 0.25) is 0 Å². The second kappa shape index (κ2) is 7.79. The Morgan fingerprint density at radius 3 is 2.58 bits per heavy atom. The van der Waals surface area contributed by atoms with Crippen LogP contribution in [0.1, 0.15) is 29.3 Å². The average molecular weight is 329 g/mol. The zero-order valence-electron chi connectivity index (χ0n) is 14.2. The van der Waals surface area contributed by atoms with Gasteiger partial charge in [0.25, 0.3) is 0 Å². The normalized spacial score (nSPS) is 11.8. The van der Waals surface area contributed by atoms with Gasteiger partial charge in [0.05, 0.1) is 6.10 Å². The van der Waals surface area contributed by atoms with Crippen LogP contribution in [0.25, 0.3) is 0 Å². The zero-order valence-corrected chi connectivity index (χ0v) is 14.2. The van der Waals surface area contributed by atoms with Crippen LogP contribution in [0.5, 0.6) is 0 Å². The molecule has 2 aromatic rings. The number of aryl methyl sites for hydroxylation is 2. The number of hydrogen-bond acceptors (Lipinski definition) is 3. The fourth-order valence-corrected chi connectivity index (χ4v) is 2.44. The molecule has 1 heterocycles. The smallest absolute Gasteiger partial charge is 0.313 e. The molecule has 1 unspecified atom stereocenters. The van der Waals surface area contributed by atoms with Gasteiger partial charge in [-0.15, -0.1) is 0 Å². The van der Waals surface area contributed by atoms with Gasteiger partial charge in [0, 0.05) is 31.2 Å². The van der Waals surface area contributed by atoms with Gasteiger partial charge in [-0.2, -0.15) is 0 Å². The van der Waals surface area contributed by atoms with Crippen LogP contribution in [-0.2, 0) is 16.6 Å². The fourth-order valence-electron chi connectivity index (χ4n) is 2.44. The van der Waals surface area contributed by atoms with Gasteiger partial charge in [-0.05, 0) is 49.6 Å². The van der Waals surface area contributed by atoms with E-state index in [1.165, 1.54) is 0 Å². The van der Waals surface area contributed by atoms with Gasteiger partial charge >= 0.3 is 11.8 Å². The Labute approximate surface area is 141 Å². The summed E-state index contributed by atoms with van der Waals surface area (Å²) in [6.45, 7) is 4.04. The summed E-state index contributed by atoms with van der Waals surface area (Å²) in [7, 11) is 1.84. The second-order valence-corrected chi connectivity index (χ2v) is 5.81. The molecule has 0 fully saturated rings. The van der Waals surface area contributed by atoms with Crippen molar-refractivity contribution in [2.75, 3.05) is 11.9 Å². The number of rotatable bonds is 5. The lowest BCUT2D eigenvalue weighted by molar-refractivity contribution is -0.136. The minimum Gasteiger partial charge on any atom is -0.387 e. The molecule has 128 valence electrons. The molecule has 1 aromatic carbocycles. The van der Waals surface area contributed by atoms with Gasteiger partial charge in [-0.3, -0.25) is 9.59 Å². The van der Waals surface area contributed by atoms with Crippen molar-refractivity contribution in [1.29, 1.82) is 0 Å². The number of nitrogens with one attached hydrogen (secondary N) is 2. The third-order valence-corrected chi connectivity index (χ3v) is 4.09.